The van der Waals surface area contributed by atoms with Crippen LogP contribution in [0.25, 0.3) is 11.5 Å². The van der Waals surface area contributed by atoms with E-state index in [0.717, 1.165) is 11.3 Å². The minimum atomic E-state index is -0.380. The van der Waals surface area contributed by atoms with Crippen molar-refractivity contribution in [2.24, 2.45) is 0 Å². The summed E-state index contributed by atoms with van der Waals surface area (Å²) in [6, 6.07) is 19.6. The van der Waals surface area contributed by atoms with Gasteiger partial charge in [0.2, 0.25) is 18.6 Å². The number of hydrogen-bond acceptors (Lipinski definition) is 7. The van der Waals surface area contributed by atoms with Gasteiger partial charge in [0, 0.05) is 23.0 Å². The number of benzene rings is 3. The Morgan fingerprint density at radius 3 is 2.58 bits per heavy atom. The van der Waals surface area contributed by atoms with E-state index < -0.39 is 0 Å². The standard InChI is InChI=1S/C24H20N4O5/c1-30-19-7-3-6-18(13-19)26-24(29)25-17-5-2-4-16(12-17)23-28-27-22(33-23)11-15-8-9-20-21(10-15)32-14-31-20/h2-10,12-13H,11,14H2,1H3,(H2,25,26,29). The molecule has 33 heavy (non-hydrogen) atoms. The van der Waals surface area contributed by atoms with Gasteiger partial charge in [-0.15, -0.1) is 10.2 Å². The van der Waals surface area contributed by atoms with Crippen LogP contribution in [0.5, 0.6) is 17.2 Å². The number of nitrogens with one attached hydrogen (secondary N) is 2. The van der Waals surface area contributed by atoms with Gasteiger partial charge in [-0.05, 0) is 48.0 Å². The van der Waals surface area contributed by atoms with Crippen LogP contribution in [0.15, 0.2) is 71.1 Å². The van der Waals surface area contributed by atoms with Crippen molar-refractivity contribution in [3.05, 3.63) is 78.2 Å². The first-order valence-electron chi connectivity index (χ1n) is 10.2. The highest BCUT2D eigenvalue weighted by Crippen LogP contribution is 2.33. The van der Waals surface area contributed by atoms with E-state index in [-0.39, 0.29) is 12.8 Å². The smallest absolute Gasteiger partial charge is 0.323 e. The average Bonchev–Trinajstić information content (AvgIpc) is 3.48. The van der Waals surface area contributed by atoms with Crippen LogP contribution in [-0.2, 0) is 6.42 Å². The van der Waals surface area contributed by atoms with Crippen LogP contribution in [0, 0.1) is 0 Å². The van der Waals surface area contributed by atoms with E-state index in [0.29, 0.717) is 46.6 Å². The van der Waals surface area contributed by atoms with Crippen LogP contribution in [0.4, 0.5) is 16.2 Å². The first kappa shape index (κ1) is 20.4. The summed E-state index contributed by atoms with van der Waals surface area (Å²) in [6.07, 6.45) is 0.463. The van der Waals surface area contributed by atoms with E-state index in [9.17, 15) is 4.79 Å². The molecule has 9 heteroatoms. The SMILES string of the molecule is COc1cccc(NC(=O)Nc2cccc(-c3nnc(Cc4ccc5c(c4)OCO5)o3)c2)c1. The number of amides is 2. The molecule has 2 amide bonds. The van der Waals surface area contributed by atoms with Gasteiger partial charge in [-0.1, -0.05) is 18.2 Å². The minimum Gasteiger partial charge on any atom is -0.497 e. The molecule has 0 saturated carbocycles. The first-order valence-corrected chi connectivity index (χ1v) is 10.2. The van der Waals surface area contributed by atoms with Crippen molar-refractivity contribution in [3.63, 3.8) is 0 Å². The Kier molecular flexibility index (Phi) is 5.50. The van der Waals surface area contributed by atoms with Gasteiger partial charge in [0.15, 0.2) is 11.5 Å². The monoisotopic (exact) mass is 444 g/mol. The third-order valence-electron chi connectivity index (χ3n) is 4.95. The highest BCUT2D eigenvalue weighted by molar-refractivity contribution is 6.00. The van der Waals surface area contributed by atoms with E-state index in [1.54, 1.807) is 49.6 Å². The van der Waals surface area contributed by atoms with Crippen LogP contribution < -0.4 is 24.8 Å². The highest BCUT2D eigenvalue weighted by atomic mass is 16.7. The lowest BCUT2D eigenvalue weighted by Crippen LogP contribution is -2.19. The van der Waals surface area contributed by atoms with Gasteiger partial charge < -0.3 is 29.3 Å². The fraction of sp³-hybridized carbons (Fsp3) is 0.125. The van der Waals surface area contributed by atoms with Crippen molar-refractivity contribution >= 4 is 17.4 Å². The zero-order valence-corrected chi connectivity index (χ0v) is 17.7. The van der Waals surface area contributed by atoms with Gasteiger partial charge in [-0.2, -0.15) is 0 Å². The molecule has 0 radical (unpaired) electrons. The van der Waals surface area contributed by atoms with Gasteiger partial charge in [-0.3, -0.25) is 0 Å². The predicted octanol–water partition coefficient (Wildman–Crippen LogP) is 4.71. The van der Waals surface area contributed by atoms with Crippen molar-refractivity contribution in [2.45, 2.75) is 6.42 Å². The second-order valence-electron chi connectivity index (χ2n) is 7.26. The Balaban J connectivity index is 1.25. The molecule has 0 fully saturated rings. The van der Waals surface area contributed by atoms with Crippen LogP contribution >= 0.6 is 0 Å². The first-order chi connectivity index (χ1) is 16.2. The Morgan fingerprint density at radius 1 is 0.939 bits per heavy atom. The van der Waals surface area contributed by atoms with Crippen LogP contribution in [0.1, 0.15) is 11.5 Å². The largest absolute Gasteiger partial charge is 0.497 e. The Morgan fingerprint density at radius 2 is 1.73 bits per heavy atom. The number of rotatable bonds is 6. The number of carbonyl (C=O) groups is 1. The molecule has 0 aliphatic carbocycles. The molecule has 4 aromatic rings. The molecule has 0 spiro atoms. The summed E-state index contributed by atoms with van der Waals surface area (Å²) < 4.78 is 21.8. The lowest BCUT2D eigenvalue weighted by molar-refractivity contribution is 0.174. The fourth-order valence-electron chi connectivity index (χ4n) is 3.39. The van der Waals surface area contributed by atoms with Crippen molar-refractivity contribution in [1.82, 2.24) is 10.2 Å². The van der Waals surface area contributed by atoms with Crippen LogP contribution in [-0.4, -0.2) is 30.1 Å². The Labute approximate surface area is 189 Å². The van der Waals surface area contributed by atoms with Crippen molar-refractivity contribution in [3.8, 4) is 28.7 Å². The Hall–Kier alpha value is -4.53. The quantitative estimate of drug-likeness (QED) is 0.443. The van der Waals surface area contributed by atoms with Gasteiger partial charge in [0.25, 0.3) is 0 Å². The zero-order chi connectivity index (χ0) is 22.6. The van der Waals surface area contributed by atoms with Crippen molar-refractivity contribution in [2.75, 3.05) is 24.5 Å². The summed E-state index contributed by atoms with van der Waals surface area (Å²) in [4.78, 5) is 12.4. The molecule has 1 aliphatic heterocycles. The molecule has 2 heterocycles. The molecule has 0 saturated heterocycles. The molecule has 2 N–H and O–H groups in total. The molecular weight excluding hydrogens is 424 g/mol. The molecule has 0 bridgehead atoms. The maximum Gasteiger partial charge on any atom is 0.323 e. The van der Waals surface area contributed by atoms with Gasteiger partial charge in [0.1, 0.15) is 5.75 Å². The third-order valence-corrected chi connectivity index (χ3v) is 4.95. The molecule has 5 rings (SSSR count). The van der Waals surface area contributed by atoms with E-state index in [2.05, 4.69) is 20.8 Å². The van der Waals surface area contributed by atoms with Crippen molar-refractivity contribution in [1.29, 1.82) is 0 Å². The summed E-state index contributed by atoms with van der Waals surface area (Å²) in [6.45, 7) is 0.228. The van der Waals surface area contributed by atoms with E-state index in [1.165, 1.54) is 0 Å². The molecule has 1 aromatic heterocycles. The van der Waals surface area contributed by atoms with Crippen LogP contribution in [0.2, 0.25) is 0 Å². The molecular formula is C24H20N4O5. The fourth-order valence-corrected chi connectivity index (χ4v) is 3.39. The maximum atomic E-state index is 12.4. The number of fused-ring (bicyclic) bond motifs is 1. The zero-order valence-electron chi connectivity index (χ0n) is 17.7. The molecule has 1 aliphatic rings. The van der Waals surface area contributed by atoms with E-state index in [1.807, 2.05) is 24.3 Å². The minimum absolute atomic E-state index is 0.228. The average molecular weight is 444 g/mol. The Bertz CT molecular complexity index is 1300. The predicted molar refractivity (Wildman–Crippen MR) is 121 cm³/mol. The van der Waals surface area contributed by atoms with Gasteiger partial charge in [-0.25, -0.2) is 4.79 Å². The van der Waals surface area contributed by atoms with E-state index in [4.69, 9.17) is 18.6 Å². The second-order valence-corrected chi connectivity index (χ2v) is 7.26. The summed E-state index contributed by atoms with van der Waals surface area (Å²) in [5, 5.41) is 13.9. The number of anilines is 2. The molecule has 0 atom stereocenters. The number of urea groups is 1. The molecule has 3 aromatic carbocycles. The number of methoxy groups -OCH3 is 1. The van der Waals surface area contributed by atoms with Gasteiger partial charge >= 0.3 is 6.03 Å². The maximum absolute atomic E-state index is 12.4. The summed E-state index contributed by atoms with van der Waals surface area (Å²) >= 11 is 0. The number of carbonyl (C=O) groups excluding carboxylic acids is 1. The topological polar surface area (TPSA) is 108 Å². The summed E-state index contributed by atoms with van der Waals surface area (Å²) in [7, 11) is 1.57. The number of aromatic nitrogens is 2. The van der Waals surface area contributed by atoms with Crippen LogP contribution in [0.3, 0.4) is 0 Å². The lowest BCUT2D eigenvalue weighted by atomic mass is 10.1. The lowest BCUT2D eigenvalue weighted by Gasteiger charge is -2.09. The summed E-state index contributed by atoms with van der Waals surface area (Å²) in [5.74, 6) is 2.92. The number of ether oxygens (including phenoxy) is 3. The molecule has 9 nitrogen and oxygen atoms in total. The van der Waals surface area contributed by atoms with Gasteiger partial charge in [0.05, 0.1) is 13.5 Å². The summed E-state index contributed by atoms with van der Waals surface area (Å²) in [5.41, 5.74) is 2.87. The second kappa shape index (κ2) is 8.91. The molecule has 0 unspecified atom stereocenters. The highest BCUT2D eigenvalue weighted by Gasteiger charge is 2.15. The number of nitrogens with zero attached hydrogens (tertiary/aromatic N) is 2. The van der Waals surface area contributed by atoms with Crippen molar-refractivity contribution < 1.29 is 23.4 Å². The normalized spacial score (nSPS) is 11.8. The molecule has 166 valence electrons. The van der Waals surface area contributed by atoms with E-state index >= 15 is 0 Å². The third kappa shape index (κ3) is 4.72. The number of hydrogen-bond donors (Lipinski definition) is 2.